The van der Waals surface area contributed by atoms with Crippen LogP contribution in [0.25, 0.3) is 6.08 Å². The van der Waals surface area contributed by atoms with E-state index in [2.05, 4.69) is 5.32 Å². The number of hydrogen-bond acceptors (Lipinski definition) is 7. The average Bonchev–Trinajstić information content (AvgIpc) is 3.37. The highest BCUT2D eigenvalue weighted by Crippen LogP contribution is 2.37. The minimum atomic E-state index is -0.757. The lowest BCUT2D eigenvalue weighted by molar-refractivity contribution is -0.113. The van der Waals surface area contributed by atoms with Gasteiger partial charge in [-0.05, 0) is 78.2 Å². The number of thiazole rings is 1. The van der Waals surface area contributed by atoms with E-state index < -0.39 is 6.04 Å². The second-order valence-corrected chi connectivity index (χ2v) is 12.5. The summed E-state index contributed by atoms with van der Waals surface area (Å²) in [5.41, 5.74) is 3.38. The summed E-state index contributed by atoms with van der Waals surface area (Å²) < 4.78 is 19.1. The zero-order valence-electron chi connectivity index (χ0n) is 25.6. The van der Waals surface area contributed by atoms with Crippen LogP contribution in [0.2, 0.25) is 10.0 Å². The number of benzene rings is 4. The third kappa shape index (κ3) is 6.83. The number of allylic oxidation sites excluding steroid dienone is 1. The molecule has 238 valence electrons. The standard InChI is InChI=1S/C36H29Cl2N3O5S/c1-21-31(34(42)40-26-12-5-4-6-13-26)32(24-10-8-14-27(19-24)44-2)41-35(43)30(47-36(41)39-21)18-23-16-28(38)33(29(17-23)45-3)46-20-22-9-7-11-25(37)15-22/h4-19,32H,20H2,1-3H3,(H,40,42)/b30-18-/t32-/m0/s1. The van der Waals surface area contributed by atoms with Crippen molar-refractivity contribution in [3.05, 3.63) is 149 Å². The summed E-state index contributed by atoms with van der Waals surface area (Å²) >= 11 is 14.0. The molecule has 5 aromatic rings. The third-order valence-electron chi connectivity index (χ3n) is 7.53. The molecule has 1 atom stereocenters. The van der Waals surface area contributed by atoms with E-state index in [1.807, 2.05) is 60.7 Å². The smallest absolute Gasteiger partial charge is 0.271 e. The van der Waals surface area contributed by atoms with Crippen LogP contribution in [0.1, 0.15) is 29.7 Å². The largest absolute Gasteiger partial charge is 0.497 e. The topological polar surface area (TPSA) is 91.2 Å². The second kappa shape index (κ2) is 13.9. The number of amides is 1. The Bertz CT molecular complexity index is 2190. The number of carbonyl (C=O) groups excluding carboxylic acids is 1. The molecule has 1 aromatic heterocycles. The summed E-state index contributed by atoms with van der Waals surface area (Å²) in [7, 11) is 3.09. The Morgan fingerprint density at radius 2 is 1.77 bits per heavy atom. The first-order valence-electron chi connectivity index (χ1n) is 14.5. The Morgan fingerprint density at radius 3 is 2.51 bits per heavy atom. The first kappa shape index (κ1) is 32.1. The molecule has 6 rings (SSSR count). The van der Waals surface area contributed by atoms with Gasteiger partial charge < -0.3 is 19.5 Å². The first-order chi connectivity index (χ1) is 22.7. The molecule has 0 spiro atoms. The van der Waals surface area contributed by atoms with Crippen LogP contribution in [0.3, 0.4) is 0 Å². The zero-order valence-corrected chi connectivity index (χ0v) is 28.0. The Kier molecular flexibility index (Phi) is 9.49. The number of methoxy groups -OCH3 is 2. The van der Waals surface area contributed by atoms with Crippen molar-refractivity contribution >= 4 is 52.2 Å². The third-order valence-corrected chi connectivity index (χ3v) is 9.03. The molecule has 8 nitrogen and oxygen atoms in total. The number of hydrogen-bond donors (Lipinski definition) is 1. The Labute approximate surface area is 284 Å². The molecule has 0 radical (unpaired) electrons. The number of carbonyl (C=O) groups is 1. The summed E-state index contributed by atoms with van der Waals surface area (Å²) in [6.45, 7) is 2.01. The van der Waals surface area contributed by atoms with Crippen molar-refractivity contribution in [1.29, 1.82) is 0 Å². The van der Waals surface area contributed by atoms with Crippen molar-refractivity contribution < 1.29 is 19.0 Å². The van der Waals surface area contributed by atoms with Crippen molar-refractivity contribution in [2.45, 2.75) is 19.6 Å². The molecule has 0 saturated heterocycles. The van der Waals surface area contributed by atoms with Crippen LogP contribution in [-0.4, -0.2) is 24.7 Å². The SMILES string of the molecule is COc1cccc([C@H]2C(C(=O)Nc3ccccc3)=C(C)N=c3s/c(=C\c4cc(Cl)c(OCc5cccc(Cl)c5)c(OC)c4)c(=O)n32)c1. The van der Waals surface area contributed by atoms with Gasteiger partial charge in [-0.3, -0.25) is 14.2 Å². The molecule has 0 aliphatic carbocycles. The summed E-state index contributed by atoms with van der Waals surface area (Å²) in [5, 5.41) is 3.88. The van der Waals surface area contributed by atoms with Crippen molar-refractivity contribution in [3.8, 4) is 17.2 Å². The van der Waals surface area contributed by atoms with Crippen molar-refractivity contribution in [1.82, 2.24) is 4.57 Å². The van der Waals surface area contributed by atoms with Crippen LogP contribution < -0.4 is 34.4 Å². The van der Waals surface area contributed by atoms with Gasteiger partial charge in [0.2, 0.25) is 0 Å². The van der Waals surface area contributed by atoms with Gasteiger partial charge in [0.1, 0.15) is 12.4 Å². The van der Waals surface area contributed by atoms with E-state index in [0.717, 1.165) is 5.56 Å². The van der Waals surface area contributed by atoms with Gasteiger partial charge in [0.25, 0.3) is 11.5 Å². The maximum Gasteiger partial charge on any atom is 0.271 e. The molecule has 47 heavy (non-hydrogen) atoms. The lowest BCUT2D eigenvalue weighted by Gasteiger charge is -2.25. The second-order valence-electron chi connectivity index (χ2n) is 10.6. The van der Waals surface area contributed by atoms with E-state index >= 15 is 0 Å². The van der Waals surface area contributed by atoms with Crippen LogP contribution in [0.4, 0.5) is 5.69 Å². The molecular weight excluding hydrogens is 657 g/mol. The number of fused-ring (bicyclic) bond motifs is 1. The highest BCUT2D eigenvalue weighted by molar-refractivity contribution is 7.07. The van der Waals surface area contributed by atoms with Crippen LogP contribution >= 0.6 is 34.5 Å². The lowest BCUT2D eigenvalue weighted by Crippen LogP contribution is -2.40. The van der Waals surface area contributed by atoms with Gasteiger partial charge in [0, 0.05) is 10.7 Å². The maximum atomic E-state index is 14.2. The van der Waals surface area contributed by atoms with Gasteiger partial charge in [0.15, 0.2) is 16.3 Å². The normalized spacial score (nSPS) is 14.3. The van der Waals surface area contributed by atoms with E-state index in [4.69, 9.17) is 42.4 Å². The number of nitrogens with one attached hydrogen (secondary N) is 1. The molecule has 1 aliphatic rings. The Morgan fingerprint density at radius 1 is 0.979 bits per heavy atom. The van der Waals surface area contributed by atoms with Crippen LogP contribution in [0.5, 0.6) is 17.2 Å². The molecular formula is C36H29Cl2N3O5S. The van der Waals surface area contributed by atoms with Crippen LogP contribution in [0.15, 0.2) is 112 Å². The number of nitrogens with zero attached hydrogens (tertiary/aromatic N) is 2. The van der Waals surface area contributed by atoms with Crippen molar-refractivity contribution in [3.63, 3.8) is 0 Å². The number of halogens is 2. The Balaban J connectivity index is 1.41. The van der Waals surface area contributed by atoms with Gasteiger partial charge in [-0.2, -0.15) is 0 Å². The van der Waals surface area contributed by atoms with E-state index in [0.29, 0.717) is 64.7 Å². The van der Waals surface area contributed by atoms with Gasteiger partial charge >= 0.3 is 0 Å². The monoisotopic (exact) mass is 685 g/mol. The fourth-order valence-electron chi connectivity index (χ4n) is 5.36. The first-order valence-corrected chi connectivity index (χ1v) is 16.1. The number of ether oxygens (including phenoxy) is 3. The molecule has 4 aromatic carbocycles. The number of rotatable bonds is 9. The molecule has 0 fully saturated rings. The molecule has 1 amide bonds. The maximum absolute atomic E-state index is 14.2. The molecule has 0 unspecified atom stereocenters. The highest BCUT2D eigenvalue weighted by atomic mass is 35.5. The van der Waals surface area contributed by atoms with E-state index in [1.165, 1.54) is 18.4 Å². The van der Waals surface area contributed by atoms with E-state index in [9.17, 15) is 9.59 Å². The predicted octanol–water partition coefficient (Wildman–Crippen LogP) is 6.78. The van der Waals surface area contributed by atoms with Gasteiger partial charge in [-0.1, -0.05) is 77.0 Å². The minimum absolute atomic E-state index is 0.235. The quantitative estimate of drug-likeness (QED) is 0.185. The van der Waals surface area contributed by atoms with Gasteiger partial charge in [0.05, 0.1) is 41.1 Å². The zero-order chi connectivity index (χ0) is 33.1. The van der Waals surface area contributed by atoms with E-state index in [1.54, 1.807) is 55.0 Å². The number of anilines is 1. The van der Waals surface area contributed by atoms with Crippen molar-refractivity contribution in [2.75, 3.05) is 19.5 Å². The highest BCUT2D eigenvalue weighted by Gasteiger charge is 2.33. The molecule has 1 N–H and O–H groups in total. The van der Waals surface area contributed by atoms with Crippen molar-refractivity contribution in [2.24, 2.45) is 4.99 Å². The molecule has 0 bridgehead atoms. The predicted molar refractivity (Wildman–Crippen MR) is 186 cm³/mol. The van der Waals surface area contributed by atoms with Crippen LogP contribution in [0, 0.1) is 0 Å². The summed E-state index contributed by atoms with van der Waals surface area (Å²) in [4.78, 5) is 33.2. The molecule has 1 aliphatic heterocycles. The van der Waals surface area contributed by atoms with Crippen LogP contribution in [-0.2, 0) is 11.4 Å². The van der Waals surface area contributed by atoms with Gasteiger partial charge in [-0.15, -0.1) is 0 Å². The average molecular weight is 687 g/mol. The molecule has 2 heterocycles. The van der Waals surface area contributed by atoms with E-state index in [-0.39, 0.29) is 18.1 Å². The Hall–Kier alpha value is -4.83. The summed E-state index contributed by atoms with van der Waals surface area (Å²) in [6.07, 6.45) is 1.73. The van der Waals surface area contributed by atoms with Gasteiger partial charge in [-0.25, -0.2) is 4.99 Å². The lowest BCUT2D eigenvalue weighted by atomic mass is 9.95. The number of aromatic nitrogens is 1. The molecule has 0 saturated carbocycles. The fraction of sp³-hybridized carbons (Fsp3) is 0.139. The summed E-state index contributed by atoms with van der Waals surface area (Å²) in [6, 6.07) is 26.5. The minimum Gasteiger partial charge on any atom is -0.497 e. The fourth-order valence-corrected chi connectivity index (χ4v) is 6.89. The molecule has 11 heteroatoms. The summed E-state index contributed by atoms with van der Waals surface area (Å²) in [5.74, 6) is 1.02. The number of para-hydroxylation sites is 1.